The van der Waals surface area contributed by atoms with Crippen molar-refractivity contribution < 1.29 is 4.79 Å². The smallest absolute Gasteiger partial charge is 0.291 e. The fourth-order valence-electron chi connectivity index (χ4n) is 2.23. The Labute approximate surface area is 118 Å². The summed E-state index contributed by atoms with van der Waals surface area (Å²) in [5.41, 5.74) is -0.122. The number of nitrogens with zero attached hydrogens (tertiary/aromatic N) is 2. The van der Waals surface area contributed by atoms with Crippen molar-refractivity contribution in [2.75, 3.05) is 6.26 Å². The highest BCUT2D eigenvalue weighted by molar-refractivity contribution is 7.99. The number of aromatic amines is 1. The Morgan fingerprint density at radius 1 is 1.42 bits per heavy atom. The van der Waals surface area contributed by atoms with E-state index in [0.29, 0.717) is 5.25 Å². The van der Waals surface area contributed by atoms with Crippen LogP contribution in [0, 0.1) is 0 Å². The Morgan fingerprint density at radius 2 is 2.16 bits per heavy atom. The molecule has 1 fully saturated rings. The Kier molecular flexibility index (Phi) is 4.18. The van der Waals surface area contributed by atoms with Crippen LogP contribution in [0.2, 0.25) is 0 Å². The van der Waals surface area contributed by atoms with Gasteiger partial charge in [-0.25, -0.2) is 4.98 Å². The molecule has 106 valence electrons. The minimum atomic E-state index is -0.168. The van der Waals surface area contributed by atoms with E-state index in [0.717, 1.165) is 18.7 Å². The molecule has 1 saturated carbocycles. The normalized spacial score (nSPS) is 23.6. The summed E-state index contributed by atoms with van der Waals surface area (Å²) < 4.78 is 0. The number of hydrogen-bond donors (Lipinski definition) is 2. The van der Waals surface area contributed by atoms with Gasteiger partial charge in [-0.3, -0.25) is 9.89 Å². The van der Waals surface area contributed by atoms with Crippen molar-refractivity contribution in [2.24, 2.45) is 0 Å². The maximum atomic E-state index is 12.1. The zero-order chi connectivity index (χ0) is 14.0. The number of carbonyl (C=O) groups excluding carboxylic acids is 1. The molecule has 5 nitrogen and oxygen atoms in total. The largest absolute Gasteiger partial charge is 0.346 e. The number of thioether (sulfide) groups is 1. The van der Waals surface area contributed by atoms with Crippen LogP contribution in [0.1, 0.15) is 56.5 Å². The van der Waals surface area contributed by atoms with Crippen LogP contribution in [-0.2, 0) is 5.41 Å². The van der Waals surface area contributed by atoms with E-state index in [-0.39, 0.29) is 23.2 Å². The lowest BCUT2D eigenvalue weighted by molar-refractivity contribution is 0.0927. The van der Waals surface area contributed by atoms with E-state index in [1.54, 1.807) is 0 Å². The second kappa shape index (κ2) is 5.53. The van der Waals surface area contributed by atoms with Gasteiger partial charge in [0.2, 0.25) is 5.82 Å². The van der Waals surface area contributed by atoms with Gasteiger partial charge in [0, 0.05) is 16.7 Å². The van der Waals surface area contributed by atoms with Gasteiger partial charge in [0.25, 0.3) is 5.91 Å². The highest BCUT2D eigenvalue weighted by Gasteiger charge is 2.27. The summed E-state index contributed by atoms with van der Waals surface area (Å²) in [4.78, 5) is 16.4. The predicted molar refractivity (Wildman–Crippen MR) is 77.5 cm³/mol. The Morgan fingerprint density at radius 3 is 2.68 bits per heavy atom. The van der Waals surface area contributed by atoms with Crippen molar-refractivity contribution in [1.29, 1.82) is 0 Å². The van der Waals surface area contributed by atoms with Gasteiger partial charge in [-0.15, -0.1) is 5.10 Å². The average Bonchev–Trinajstić information content (AvgIpc) is 2.96. The quantitative estimate of drug-likeness (QED) is 0.891. The molecule has 0 aliphatic heterocycles. The van der Waals surface area contributed by atoms with Crippen LogP contribution >= 0.6 is 11.8 Å². The monoisotopic (exact) mass is 282 g/mol. The molecule has 1 heterocycles. The Balaban J connectivity index is 1.95. The SMILES string of the molecule is CSC1CCC(NC(=O)c2n[nH]c(C(C)(C)C)n2)C1. The van der Waals surface area contributed by atoms with Gasteiger partial charge in [0.1, 0.15) is 5.82 Å². The lowest BCUT2D eigenvalue weighted by Gasteiger charge is -2.13. The second-order valence-electron chi connectivity index (χ2n) is 6.10. The van der Waals surface area contributed by atoms with Crippen LogP contribution in [0.3, 0.4) is 0 Å². The van der Waals surface area contributed by atoms with Crippen molar-refractivity contribution in [3.63, 3.8) is 0 Å². The topological polar surface area (TPSA) is 70.7 Å². The summed E-state index contributed by atoms with van der Waals surface area (Å²) in [5.74, 6) is 0.821. The molecule has 1 aromatic heterocycles. The van der Waals surface area contributed by atoms with Crippen LogP contribution in [0.5, 0.6) is 0 Å². The average molecular weight is 282 g/mol. The number of carbonyl (C=O) groups is 1. The lowest BCUT2D eigenvalue weighted by Crippen LogP contribution is -2.33. The number of nitrogens with one attached hydrogen (secondary N) is 2. The molecule has 6 heteroatoms. The van der Waals surface area contributed by atoms with Gasteiger partial charge in [-0.1, -0.05) is 20.8 Å². The minimum Gasteiger partial charge on any atom is -0.346 e. The van der Waals surface area contributed by atoms with Gasteiger partial charge in [0.05, 0.1) is 0 Å². The molecular formula is C13H22N4OS. The molecule has 2 unspecified atom stereocenters. The fourth-order valence-corrected chi connectivity index (χ4v) is 3.03. The van der Waals surface area contributed by atoms with Crippen molar-refractivity contribution in [3.8, 4) is 0 Å². The molecule has 2 atom stereocenters. The van der Waals surface area contributed by atoms with Gasteiger partial charge in [0.15, 0.2) is 0 Å². The van der Waals surface area contributed by atoms with E-state index in [9.17, 15) is 4.79 Å². The zero-order valence-corrected chi connectivity index (χ0v) is 12.8. The van der Waals surface area contributed by atoms with E-state index in [1.807, 2.05) is 32.5 Å². The molecule has 0 aromatic carbocycles. The van der Waals surface area contributed by atoms with Gasteiger partial charge in [-0.05, 0) is 25.5 Å². The Hall–Kier alpha value is -1.04. The minimum absolute atomic E-state index is 0.122. The second-order valence-corrected chi connectivity index (χ2v) is 7.24. The van der Waals surface area contributed by atoms with Crippen LogP contribution in [0.25, 0.3) is 0 Å². The highest BCUT2D eigenvalue weighted by Crippen LogP contribution is 2.28. The molecule has 19 heavy (non-hydrogen) atoms. The number of aromatic nitrogens is 3. The maximum Gasteiger partial charge on any atom is 0.291 e. The van der Waals surface area contributed by atoms with E-state index >= 15 is 0 Å². The number of hydrogen-bond acceptors (Lipinski definition) is 4. The number of H-pyrrole nitrogens is 1. The maximum absolute atomic E-state index is 12.1. The molecule has 1 amide bonds. The summed E-state index contributed by atoms with van der Waals surface area (Å²) >= 11 is 1.88. The summed E-state index contributed by atoms with van der Waals surface area (Å²) in [7, 11) is 0. The van der Waals surface area contributed by atoms with Crippen molar-refractivity contribution >= 4 is 17.7 Å². The summed E-state index contributed by atoms with van der Waals surface area (Å²) in [6, 6.07) is 0.265. The Bertz CT molecular complexity index is 452. The van der Waals surface area contributed by atoms with Gasteiger partial charge >= 0.3 is 0 Å². The van der Waals surface area contributed by atoms with Gasteiger partial charge in [-0.2, -0.15) is 11.8 Å². The molecule has 2 N–H and O–H groups in total. The van der Waals surface area contributed by atoms with E-state index in [4.69, 9.17) is 0 Å². The van der Waals surface area contributed by atoms with Crippen LogP contribution < -0.4 is 5.32 Å². The standard InChI is InChI=1S/C13H22N4OS/c1-13(2,3)12-15-10(16-17-12)11(18)14-8-5-6-9(7-8)19-4/h8-9H,5-7H2,1-4H3,(H,14,18)(H,15,16,17). The number of rotatable bonds is 3. The summed E-state index contributed by atoms with van der Waals surface area (Å²) in [6.45, 7) is 6.11. The molecule has 0 spiro atoms. The summed E-state index contributed by atoms with van der Waals surface area (Å²) in [6.07, 6.45) is 5.39. The first kappa shape index (κ1) is 14.4. The first-order chi connectivity index (χ1) is 8.90. The number of amides is 1. The molecular weight excluding hydrogens is 260 g/mol. The fraction of sp³-hybridized carbons (Fsp3) is 0.769. The van der Waals surface area contributed by atoms with E-state index in [2.05, 4.69) is 26.8 Å². The third kappa shape index (κ3) is 3.49. The highest BCUT2D eigenvalue weighted by atomic mass is 32.2. The van der Waals surface area contributed by atoms with Crippen LogP contribution in [-0.4, -0.2) is 38.6 Å². The third-order valence-electron chi connectivity index (χ3n) is 3.45. The van der Waals surface area contributed by atoms with E-state index in [1.165, 1.54) is 6.42 Å². The molecule has 1 aromatic rings. The first-order valence-electron chi connectivity index (χ1n) is 6.66. The molecule has 2 rings (SSSR count). The van der Waals surface area contributed by atoms with Crippen molar-refractivity contribution in [2.45, 2.75) is 56.7 Å². The van der Waals surface area contributed by atoms with Crippen molar-refractivity contribution in [1.82, 2.24) is 20.5 Å². The zero-order valence-electron chi connectivity index (χ0n) is 12.0. The first-order valence-corrected chi connectivity index (χ1v) is 7.95. The molecule has 1 aliphatic rings. The lowest BCUT2D eigenvalue weighted by atomic mass is 9.96. The van der Waals surface area contributed by atoms with Gasteiger partial charge < -0.3 is 5.32 Å². The molecule has 0 saturated heterocycles. The predicted octanol–water partition coefficient (Wildman–Crippen LogP) is 2.12. The summed E-state index contributed by atoms with van der Waals surface area (Å²) in [5, 5.41) is 10.6. The molecule has 0 radical (unpaired) electrons. The van der Waals surface area contributed by atoms with Crippen LogP contribution in [0.4, 0.5) is 0 Å². The molecule has 0 bridgehead atoms. The third-order valence-corrected chi connectivity index (χ3v) is 4.55. The molecule has 1 aliphatic carbocycles. The van der Waals surface area contributed by atoms with Crippen LogP contribution in [0.15, 0.2) is 0 Å². The van der Waals surface area contributed by atoms with E-state index < -0.39 is 0 Å². The van der Waals surface area contributed by atoms with Crippen molar-refractivity contribution in [3.05, 3.63) is 11.6 Å².